The molecule has 0 spiro atoms. The van der Waals surface area contributed by atoms with Gasteiger partial charge in [0.25, 0.3) is 0 Å². The third-order valence-electron chi connectivity index (χ3n) is 1.54. The Labute approximate surface area is 98.4 Å². The number of rotatable bonds is 4. The fourth-order valence-electron chi connectivity index (χ4n) is 0.929. The van der Waals surface area contributed by atoms with Crippen molar-refractivity contribution in [3.63, 3.8) is 0 Å². The first-order chi connectivity index (χ1) is 4.71. The lowest BCUT2D eigenvalue weighted by atomic mass is 10.6. The van der Waals surface area contributed by atoms with E-state index < -0.39 is 11.1 Å². The highest BCUT2D eigenvalue weighted by atomic mass is 127. The van der Waals surface area contributed by atoms with Crippen LogP contribution < -0.4 is 0 Å². The van der Waals surface area contributed by atoms with Gasteiger partial charge in [-0.15, -0.1) is 43.6 Å². The zero-order valence-corrected chi connectivity index (χ0v) is 14.2. The summed E-state index contributed by atoms with van der Waals surface area (Å²) < 4.78 is 0. The Morgan fingerprint density at radius 2 is 1.09 bits per heavy atom. The summed E-state index contributed by atoms with van der Waals surface area (Å²) in [4.78, 5) is 0. The van der Waals surface area contributed by atoms with Gasteiger partial charge in [0.1, 0.15) is 11.1 Å². The Morgan fingerprint density at radius 3 is 1.27 bits per heavy atom. The van der Waals surface area contributed by atoms with Gasteiger partial charge in [0.2, 0.25) is 0 Å². The maximum absolute atomic E-state index is 2.68. The largest absolute Gasteiger partial charge is 0.119 e. The molecule has 0 amide bonds. The molecule has 0 aromatic heterocycles. The van der Waals surface area contributed by atoms with E-state index in [1.165, 1.54) is 18.5 Å². The van der Waals surface area contributed by atoms with E-state index in [0.717, 1.165) is 0 Å². The molecular formula is C7H18I2Si2. The number of hydrogen-bond donors (Lipinski definition) is 0. The Hall–Kier alpha value is 1.89. The zero-order chi connectivity index (χ0) is 9.12. The summed E-state index contributed by atoms with van der Waals surface area (Å²) in [5.41, 5.74) is -1.54. The van der Waals surface area contributed by atoms with Crippen molar-refractivity contribution in [2.24, 2.45) is 0 Å². The second-order valence-electron chi connectivity index (χ2n) is 4.29. The third kappa shape index (κ3) is 11.9. The van der Waals surface area contributed by atoms with E-state index in [9.17, 15) is 0 Å². The molecule has 0 aromatic carbocycles. The molecule has 0 atom stereocenters. The summed E-state index contributed by atoms with van der Waals surface area (Å²) in [6.07, 6.45) is 1.48. The first kappa shape index (κ1) is 12.9. The van der Waals surface area contributed by atoms with E-state index in [-0.39, 0.29) is 0 Å². The average molecular weight is 412 g/mol. The lowest BCUT2D eigenvalue weighted by Gasteiger charge is -2.17. The highest BCUT2D eigenvalue weighted by molar-refractivity contribution is 14.1. The second-order valence-corrected chi connectivity index (χ2v) is 29.7. The van der Waals surface area contributed by atoms with Gasteiger partial charge in [0, 0.05) is 0 Å². The van der Waals surface area contributed by atoms with Crippen LogP contribution in [0.1, 0.15) is 6.42 Å². The minimum Gasteiger partial charge on any atom is -0.119 e. The average Bonchev–Trinajstić information content (AvgIpc) is 1.55. The fraction of sp³-hybridized carbons (Fsp3) is 1.00. The van der Waals surface area contributed by atoms with Gasteiger partial charge in [0.05, 0.1) is 0 Å². The van der Waals surface area contributed by atoms with Crippen molar-refractivity contribution in [3.05, 3.63) is 0 Å². The SMILES string of the molecule is C[Si](C)(I)CCC[Si](C)(C)I. The molecule has 0 nitrogen and oxygen atoms in total. The summed E-state index contributed by atoms with van der Waals surface area (Å²) >= 11 is 5.36. The molecule has 0 fully saturated rings. The quantitative estimate of drug-likeness (QED) is 0.358. The van der Waals surface area contributed by atoms with E-state index in [1.807, 2.05) is 0 Å². The molecule has 0 saturated carbocycles. The van der Waals surface area contributed by atoms with Gasteiger partial charge in [-0.05, 0) is 12.1 Å². The lowest BCUT2D eigenvalue weighted by molar-refractivity contribution is 1.04. The van der Waals surface area contributed by atoms with E-state index in [0.29, 0.717) is 0 Å². The molecule has 0 aliphatic rings. The topological polar surface area (TPSA) is 0 Å². The van der Waals surface area contributed by atoms with Crippen molar-refractivity contribution in [2.45, 2.75) is 44.7 Å². The Balaban J connectivity index is 3.44. The van der Waals surface area contributed by atoms with E-state index in [1.54, 1.807) is 0 Å². The number of halogens is 2. The normalized spacial score (nSPS) is 13.6. The monoisotopic (exact) mass is 412 g/mol. The first-order valence-corrected chi connectivity index (χ1v) is 16.7. The summed E-state index contributed by atoms with van der Waals surface area (Å²) in [6, 6.07) is 3.01. The second kappa shape index (κ2) is 4.95. The Bertz CT molecular complexity index is 98.6. The zero-order valence-electron chi connectivity index (χ0n) is 7.88. The molecule has 0 aliphatic heterocycles. The molecule has 0 N–H and O–H groups in total. The molecule has 0 aliphatic carbocycles. The highest BCUT2D eigenvalue weighted by Gasteiger charge is 2.19. The van der Waals surface area contributed by atoms with Crippen LogP contribution in [0.3, 0.4) is 0 Å². The smallest absolute Gasteiger partial charge is 0.119 e. The van der Waals surface area contributed by atoms with Gasteiger partial charge in [-0.3, -0.25) is 0 Å². The standard InChI is InChI=1S/C7H18I2Si2/c1-10(2,8)6-5-7-11(3,4)9/h5-7H2,1-4H3. The molecule has 68 valence electrons. The van der Waals surface area contributed by atoms with Gasteiger partial charge < -0.3 is 0 Å². The minimum absolute atomic E-state index is 0.768. The maximum Gasteiger partial charge on any atom is 0.119 e. The van der Waals surface area contributed by atoms with Gasteiger partial charge in [-0.2, -0.15) is 0 Å². The fourth-order valence-corrected chi connectivity index (χ4v) is 5.61. The summed E-state index contributed by atoms with van der Waals surface area (Å²) in [6.45, 7) is 9.81. The predicted octanol–water partition coefficient (Wildman–Crippen LogP) is 4.66. The van der Waals surface area contributed by atoms with Crippen LogP contribution in [0, 0.1) is 0 Å². The molecule has 0 rings (SSSR count). The minimum atomic E-state index is -0.768. The van der Waals surface area contributed by atoms with E-state index in [2.05, 4.69) is 69.8 Å². The highest BCUT2D eigenvalue weighted by Crippen LogP contribution is 2.26. The molecule has 0 heterocycles. The van der Waals surface area contributed by atoms with Crippen LogP contribution >= 0.6 is 43.6 Å². The van der Waals surface area contributed by atoms with Crippen LogP contribution in [-0.4, -0.2) is 11.1 Å². The summed E-state index contributed by atoms with van der Waals surface area (Å²) in [5, 5.41) is 0. The third-order valence-corrected chi connectivity index (χ3v) is 7.86. The van der Waals surface area contributed by atoms with E-state index >= 15 is 0 Å². The van der Waals surface area contributed by atoms with Crippen LogP contribution in [0.2, 0.25) is 38.3 Å². The maximum atomic E-state index is 2.68. The van der Waals surface area contributed by atoms with Crippen LogP contribution in [-0.2, 0) is 0 Å². The van der Waals surface area contributed by atoms with Crippen molar-refractivity contribution < 1.29 is 0 Å². The Morgan fingerprint density at radius 1 is 0.818 bits per heavy atom. The van der Waals surface area contributed by atoms with Crippen LogP contribution in [0.4, 0.5) is 0 Å². The molecule has 0 aromatic rings. The molecule has 0 radical (unpaired) electrons. The number of hydrogen-bond acceptors (Lipinski definition) is 0. The molecule has 0 saturated heterocycles. The molecular weight excluding hydrogens is 394 g/mol. The molecule has 0 unspecified atom stereocenters. The van der Waals surface area contributed by atoms with Crippen molar-refractivity contribution in [1.82, 2.24) is 0 Å². The molecule has 0 bridgehead atoms. The lowest BCUT2D eigenvalue weighted by Crippen LogP contribution is -2.19. The molecule has 11 heavy (non-hydrogen) atoms. The van der Waals surface area contributed by atoms with Gasteiger partial charge in [0.15, 0.2) is 0 Å². The van der Waals surface area contributed by atoms with Crippen molar-refractivity contribution >= 4 is 54.7 Å². The summed E-state index contributed by atoms with van der Waals surface area (Å²) in [7, 11) is 0. The van der Waals surface area contributed by atoms with Gasteiger partial charge >= 0.3 is 0 Å². The van der Waals surface area contributed by atoms with E-state index in [4.69, 9.17) is 0 Å². The first-order valence-electron chi connectivity index (χ1n) is 4.09. The van der Waals surface area contributed by atoms with Crippen LogP contribution in [0.5, 0.6) is 0 Å². The summed E-state index contributed by atoms with van der Waals surface area (Å²) in [5.74, 6) is 0. The van der Waals surface area contributed by atoms with Gasteiger partial charge in [-0.25, -0.2) is 0 Å². The van der Waals surface area contributed by atoms with Gasteiger partial charge in [-0.1, -0.05) is 32.6 Å². The van der Waals surface area contributed by atoms with Crippen molar-refractivity contribution in [1.29, 1.82) is 0 Å². The molecule has 4 heteroatoms. The Kier molecular flexibility index (Phi) is 5.80. The van der Waals surface area contributed by atoms with Crippen molar-refractivity contribution in [3.8, 4) is 0 Å². The van der Waals surface area contributed by atoms with Crippen molar-refractivity contribution in [2.75, 3.05) is 0 Å². The van der Waals surface area contributed by atoms with Crippen LogP contribution in [0.25, 0.3) is 0 Å². The predicted molar refractivity (Wildman–Crippen MR) is 77.2 cm³/mol. The van der Waals surface area contributed by atoms with Crippen LogP contribution in [0.15, 0.2) is 0 Å².